The molecule has 26 heavy (non-hydrogen) atoms. The van der Waals surface area contributed by atoms with E-state index in [1.165, 1.54) is 0 Å². The lowest BCUT2D eigenvalue weighted by atomic mass is 10.00. The molecule has 0 aliphatic carbocycles. The lowest BCUT2D eigenvalue weighted by Crippen LogP contribution is -2.47. The molecule has 1 atom stereocenters. The van der Waals surface area contributed by atoms with E-state index in [9.17, 15) is 9.59 Å². The van der Waals surface area contributed by atoms with E-state index < -0.39 is 0 Å². The second kappa shape index (κ2) is 8.32. The van der Waals surface area contributed by atoms with Crippen molar-refractivity contribution in [3.8, 4) is 0 Å². The molecule has 0 aliphatic rings. The number of amides is 2. The third-order valence-corrected chi connectivity index (χ3v) is 4.01. The lowest BCUT2D eigenvalue weighted by molar-refractivity contribution is -0.125. The third kappa shape index (κ3) is 5.85. The topological polar surface area (TPSA) is 61.4 Å². The van der Waals surface area contributed by atoms with Crippen molar-refractivity contribution in [3.05, 3.63) is 48.0 Å². The normalized spacial score (nSPS) is 12.8. The fraction of sp³-hybridized carbons (Fsp3) is 0.429. The number of rotatable bonds is 6. The minimum absolute atomic E-state index is 0.0881. The zero-order chi connectivity index (χ0) is 19.3. The first kappa shape index (κ1) is 19.9. The van der Waals surface area contributed by atoms with Gasteiger partial charge in [-0.2, -0.15) is 0 Å². The van der Waals surface area contributed by atoms with Crippen LogP contribution in [0.5, 0.6) is 0 Å². The van der Waals surface area contributed by atoms with Crippen LogP contribution in [0.3, 0.4) is 0 Å². The van der Waals surface area contributed by atoms with Crippen molar-refractivity contribution >= 4 is 22.6 Å². The third-order valence-electron chi connectivity index (χ3n) is 4.01. The fourth-order valence-corrected chi connectivity index (χ4v) is 3.00. The molecule has 2 rings (SSSR count). The molecule has 2 amide bonds. The molecule has 0 heterocycles. The summed E-state index contributed by atoms with van der Waals surface area (Å²) in [6.45, 7) is 8.14. The van der Waals surface area contributed by atoms with E-state index in [0.717, 1.165) is 16.3 Å². The van der Waals surface area contributed by atoms with Gasteiger partial charge in [-0.3, -0.25) is 14.5 Å². The summed E-state index contributed by atoms with van der Waals surface area (Å²) in [4.78, 5) is 26.0. The molecule has 0 bridgehead atoms. The first-order valence-corrected chi connectivity index (χ1v) is 8.92. The van der Waals surface area contributed by atoms with E-state index in [1.54, 1.807) is 11.9 Å². The Morgan fingerprint density at radius 3 is 2.31 bits per heavy atom. The van der Waals surface area contributed by atoms with Crippen LogP contribution >= 0.6 is 0 Å². The Hall–Kier alpha value is -2.40. The van der Waals surface area contributed by atoms with Gasteiger partial charge in [0.2, 0.25) is 11.8 Å². The molecular weight excluding hydrogens is 326 g/mol. The summed E-state index contributed by atoms with van der Waals surface area (Å²) >= 11 is 0. The zero-order valence-corrected chi connectivity index (χ0v) is 16.3. The van der Waals surface area contributed by atoms with Crippen molar-refractivity contribution in [2.24, 2.45) is 0 Å². The van der Waals surface area contributed by atoms with Crippen LogP contribution in [0.4, 0.5) is 0 Å². The Kier molecular flexibility index (Phi) is 6.37. The summed E-state index contributed by atoms with van der Waals surface area (Å²) in [5.41, 5.74) is 0.813. The smallest absolute Gasteiger partial charge is 0.234 e. The van der Waals surface area contributed by atoms with E-state index in [2.05, 4.69) is 28.8 Å². The molecule has 1 unspecified atom stereocenters. The molecule has 5 nitrogen and oxygen atoms in total. The number of benzene rings is 2. The van der Waals surface area contributed by atoms with Gasteiger partial charge in [0.05, 0.1) is 19.1 Å². The molecule has 0 radical (unpaired) electrons. The number of carbonyl (C=O) groups is 2. The SMILES string of the molecule is CC(NC(=O)CN(C)CC(=O)NC(C)(C)C)c1cccc2ccccc12. The first-order chi connectivity index (χ1) is 12.2. The molecule has 0 spiro atoms. The minimum Gasteiger partial charge on any atom is -0.350 e. The van der Waals surface area contributed by atoms with Gasteiger partial charge in [0.1, 0.15) is 0 Å². The molecule has 0 aromatic heterocycles. The maximum absolute atomic E-state index is 12.4. The second-order valence-corrected chi connectivity index (χ2v) is 7.83. The van der Waals surface area contributed by atoms with Gasteiger partial charge in [-0.25, -0.2) is 0 Å². The number of nitrogens with one attached hydrogen (secondary N) is 2. The Balaban J connectivity index is 1.93. The molecule has 2 aromatic rings. The number of hydrogen-bond acceptors (Lipinski definition) is 3. The van der Waals surface area contributed by atoms with Crippen LogP contribution in [-0.2, 0) is 9.59 Å². The van der Waals surface area contributed by atoms with Crippen molar-refractivity contribution in [1.29, 1.82) is 0 Å². The molecule has 0 saturated carbocycles. The van der Waals surface area contributed by atoms with Crippen LogP contribution in [0.1, 0.15) is 39.3 Å². The monoisotopic (exact) mass is 355 g/mol. The van der Waals surface area contributed by atoms with E-state index in [1.807, 2.05) is 52.0 Å². The second-order valence-electron chi connectivity index (χ2n) is 7.83. The Bertz CT molecular complexity index is 775. The van der Waals surface area contributed by atoms with Gasteiger partial charge >= 0.3 is 0 Å². The van der Waals surface area contributed by atoms with E-state index in [4.69, 9.17) is 0 Å². The summed E-state index contributed by atoms with van der Waals surface area (Å²) < 4.78 is 0. The summed E-state index contributed by atoms with van der Waals surface area (Å²) in [7, 11) is 1.77. The molecule has 140 valence electrons. The maximum Gasteiger partial charge on any atom is 0.234 e. The zero-order valence-electron chi connectivity index (χ0n) is 16.3. The van der Waals surface area contributed by atoms with Gasteiger partial charge in [0, 0.05) is 5.54 Å². The molecule has 0 fully saturated rings. The van der Waals surface area contributed by atoms with Crippen LogP contribution in [0.2, 0.25) is 0 Å². The van der Waals surface area contributed by atoms with Crippen LogP contribution < -0.4 is 10.6 Å². The number of fused-ring (bicyclic) bond motifs is 1. The van der Waals surface area contributed by atoms with E-state index in [-0.39, 0.29) is 36.5 Å². The summed E-state index contributed by atoms with van der Waals surface area (Å²) in [5.74, 6) is -0.189. The summed E-state index contributed by atoms with van der Waals surface area (Å²) in [5, 5.41) is 8.22. The minimum atomic E-state index is -0.275. The van der Waals surface area contributed by atoms with Crippen molar-refractivity contribution in [3.63, 3.8) is 0 Å². The predicted octanol–water partition coefficient (Wildman–Crippen LogP) is 2.86. The molecule has 5 heteroatoms. The fourth-order valence-electron chi connectivity index (χ4n) is 3.00. The van der Waals surface area contributed by atoms with Crippen LogP contribution in [-0.4, -0.2) is 42.4 Å². The molecule has 2 aromatic carbocycles. The Labute approximate surface area is 155 Å². The maximum atomic E-state index is 12.4. The lowest BCUT2D eigenvalue weighted by Gasteiger charge is -2.23. The largest absolute Gasteiger partial charge is 0.350 e. The van der Waals surface area contributed by atoms with Crippen LogP contribution in [0.15, 0.2) is 42.5 Å². The first-order valence-electron chi connectivity index (χ1n) is 8.92. The summed E-state index contributed by atoms with van der Waals surface area (Å²) in [6, 6.07) is 14.1. The quantitative estimate of drug-likeness (QED) is 0.838. The number of likely N-dealkylation sites (N-methyl/N-ethyl adjacent to an activating group) is 1. The highest BCUT2D eigenvalue weighted by Gasteiger charge is 2.17. The number of nitrogens with zero attached hydrogens (tertiary/aromatic N) is 1. The van der Waals surface area contributed by atoms with Crippen molar-refractivity contribution in [2.75, 3.05) is 20.1 Å². The van der Waals surface area contributed by atoms with Crippen LogP contribution in [0, 0.1) is 0 Å². The average Bonchev–Trinajstić information content (AvgIpc) is 2.51. The van der Waals surface area contributed by atoms with Gasteiger partial charge in [0.25, 0.3) is 0 Å². The van der Waals surface area contributed by atoms with Gasteiger partial charge in [-0.05, 0) is 51.1 Å². The summed E-state index contributed by atoms with van der Waals surface area (Å²) in [6.07, 6.45) is 0. The van der Waals surface area contributed by atoms with E-state index >= 15 is 0 Å². The molecular formula is C21H29N3O2. The van der Waals surface area contributed by atoms with Gasteiger partial charge in [0.15, 0.2) is 0 Å². The Morgan fingerprint density at radius 2 is 1.62 bits per heavy atom. The highest BCUT2D eigenvalue weighted by atomic mass is 16.2. The molecule has 0 aliphatic heterocycles. The molecule has 2 N–H and O–H groups in total. The standard InChI is InChI=1S/C21H29N3O2/c1-15(17-12-8-10-16-9-6-7-11-18(16)17)22-19(25)13-24(5)14-20(26)23-21(2,3)4/h6-12,15H,13-14H2,1-5H3,(H,22,25)(H,23,26). The number of hydrogen-bond donors (Lipinski definition) is 2. The highest BCUT2D eigenvalue weighted by molar-refractivity contribution is 5.87. The molecule has 0 saturated heterocycles. The van der Waals surface area contributed by atoms with Crippen LogP contribution in [0.25, 0.3) is 10.8 Å². The average molecular weight is 355 g/mol. The van der Waals surface area contributed by atoms with Gasteiger partial charge in [-0.15, -0.1) is 0 Å². The van der Waals surface area contributed by atoms with Gasteiger partial charge < -0.3 is 10.6 Å². The highest BCUT2D eigenvalue weighted by Crippen LogP contribution is 2.23. The Morgan fingerprint density at radius 1 is 1.00 bits per heavy atom. The van der Waals surface area contributed by atoms with E-state index in [0.29, 0.717) is 0 Å². The number of carbonyl (C=O) groups excluding carboxylic acids is 2. The van der Waals surface area contributed by atoms with Crippen molar-refractivity contribution < 1.29 is 9.59 Å². The van der Waals surface area contributed by atoms with Crippen molar-refractivity contribution in [2.45, 2.75) is 39.3 Å². The van der Waals surface area contributed by atoms with Crippen molar-refractivity contribution in [1.82, 2.24) is 15.5 Å². The predicted molar refractivity (Wildman–Crippen MR) is 106 cm³/mol. The van der Waals surface area contributed by atoms with Gasteiger partial charge in [-0.1, -0.05) is 42.5 Å².